The van der Waals surface area contributed by atoms with E-state index in [4.69, 9.17) is 4.74 Å². The molecule has 0 aromatic heterocycles. The fourth-order valence-corrected chi connectivity index (χ4v) is 2.54. The molecule has 96 valence electrons. The van der Waals surface area contributed by atoms with Crippen LogP contribution in [0.4, 0.5) is 0 Å². The Morgan fingerprint density at radius 3 is 2.41 bits per heavy atom. The lowest BCUT2D eigenvalue weighted by atomic mass is 9.68. The summed E-state index contributed by atoms with van der Waals surface area (Å²) in [5.41, 5.74) is 1.09. The van der Waals surface area contributed by atoms with Gasteiger partial charge in [0.25, 0.3) is 0 Å². The quantitative estimate of drug-likeness (QED) is 0.788. The van der Waals surface area contributed by atoms with Crippen molar-refractivity contribution in [2.24, 2.45) is 5.92 Å². The molecule has 1 N–H and O–H groups in total. The fraction of sp³-hybridized carbons (Fsp3) is 0.600. The van der Waals surface area contributed by atoms with Crippen LogP contribution in [0.1, 0.15) is 32.3 Å². The van der Waals surface area contributed by atoms with Gasteiger partial charge in [-0.1, -0.05) is 44.2 Å². The summed E-state index contributed by atoms with van der Waals surface area (Å²) in [7, 11) is 1.72. The fourth-order valence-electron chi connectivity index (χ4n) is 2.54. The first-order valence-electron chi connectivity index (χ1n) is 6.36. The molecule has 0 fully saturated rings. The second kappa shape index (κ2) is 6.77. The molecule has 0 aliphatic rings. The van der Waals surface area contributed by atoms with Crippen molar-refractivity contribution < 1.29 is 9.84 Å². The van der Waals surface area contributed by atoms with E-state index in [-0.39, 0.29) is 12.0 Å². The minimum Gasteiger partial charge on any atom is -0.395 e. The van der Waals surface area contributed by atoms with Crippen LogP contribution in [0.3, 0.4) is 0 Å². The first kappa shape index (κ1) is 14.2. The molecule has 2 nitrogen and oxygen atoms in total. The Labute approximate surface area is 105 Å². The van der Waals surface area contributed by atoms with Gasteiger partial charge in [-0.15, -0.1) is 0 Å². The Morgan fingerprint density at radius 1 is 1.29 bits per heavy atom. The molecule has 17 heavy (non-hydrogen) atoms. The Balaban J connectivity index is 2.96. The van der Waals surface area contributed by atoms with Crippen molar-refractivity contribution in [3.8, 4) is 0 Å². The Kier molecular flexibility index (Phi) is 5.66. The largest absolute Gasteiger partial charge is 0.395 e. The maximum absolute atomic E-state index is 9.86. The van der Waals surface area contributed by atoms with Crippen molar-refractivity contribution in [1.82, 2.24) is 0 Å². The molecule has 2 atom stereocenters. The van der Waals surface area contributed by atoms with Crippen LogP contribution in [-0.2, 0) is 10.2 Å². The van der Waals surface area contributed by atoms with Gasteiger partial charge < -0.3 is 9.84 Å². The van der Waals surface area contributed by atoms with E-state index in [1.165, 1.54) is 5.56 Å². The lowest BCUT2D eigenvalue weighted by Gasteiger charge is -2.37. The van der Waals surface area contributed by atoms with E-state index in [1.807, 2.05) is 18.2 Å². The Bertz CT molecular complexity index is 304. The van der Waals surface area contributed by atoms with E-state index in [2.05, 4.69) is 26.0 Å². The maximum atomic E-state index is 9.86. The van der Waals surface area contributed by atoms with Crippen molar-refractivity contribution in [3.63, 3.8) is 0 Å². The molecule has 0 saturated carbocycles. The molecule has 0 radical (unpaired) electrons. The first-order valence-corrected chi connectivity index (χ1v) is 6.36. The molecule has 2 heteroatoms. The number of rotatable bonds is 7. The zero-order chi connectivity index (χ0) is 12.7. The number of aliphatic hydroxyl groups is 1. The van der Waals surface area contributed by atoms with Gasteiger partial charge >= 0.3 is 0 Å². The lowest BCUT2D eigenvalue weighted by molar-refractivity contribution is 0.105. The van der Waals surface area contributed by atoms with Crippen LogP contribution < -0.4 is 0 Å². The summed E-state index contributed by atoms with van der Waals surface area (Å²) in [4.78, 5) is 0. The van der Waals surface area contributed by atoms with Crippen LogP contribution in [0, 0.1) is 5.92 Å². The van der Waals surface area contributed by atoms with Crippen molar-refractivity contribution in [2.75, 3.05) is 20.3 Å². The Morgan fingerprint density at radius 2 is 1.94 bits per heavy atom. The van der Waals surface area contributed by atoms with Crippen LogP contribution in [0.15, 0.2) is 30.3 Å². The lowest BCUT2D eigenvalue weighted by Crippen LogP contribution is -2.37. The van der Waals surface area contributed by atoms with E-state index in [1.54, 1.807) is 7.11 Å². The molecule has 1 rings (SSSR count). The van der Waals surface area contributed by atoms with Crippen molar-refractivity contribution in [3.05, 3.63) is 35.9 Å². The summed E-state index contributed by atoms with van der Waals surface area (Å²) < 4.78 is 5.15. The SMILES string of the molecule is CCC(CO)(c1ccccc1)C(C)CCOC. The van der Waals surface area contributed by atoms with Crippen LogP contribution in [0.25, 0.3) is 0 Å². The number of ether oxygens (including phenoxy) is 1. The molecular formula is C15H24O2. The van der Waals surface area contributed by atoms with Gasteiger partial charge in [0.1, 0.15) is 0 Å². The molecule has 2 unspecified atom stereocenters. The Hall–Kier alpha value is -0.860. The summed E-state index contributed by atoms with van der Waals surface area (Å²) in [5.74, 6) is 0.403. The van der Waals surface area contributed by atoms with Gasteiger partial charge in [-0.3, -0.25) is 0 Å². The van der Waals surface area contributed by atoms with E-state index < -0.39 is 0 Å². The average Bonchev–Trinajstić information content (AvgIpc) is 2.39. The topological polar surface area (TPSA) is 29.5 Å². The minimum atomic E-state index is -0.139. The predicted molar refractivity (Wildman–Crippen MR) is 71.2 cm³/mol. The van der Waals surface area contributed by atoms with Crippen LogP contribution in [-0.4, -0.2) is 25.4 Å². The summed E-state index contributed by atoms with van der Waals surface area (Å²) in [6, 6.07) is 10.3. The summed E-state index contributed by atoms with van der Waals surface area (Å²) in [6.07, 6.45) is 1.91. The number of aliphatic hydroxyl groups excluding tert-OH is 1. The van der Waals surface area contributed by atoms with E-state index in [0.29, 0.717) is 5.92 Å². The van der Waals surface area contributed by atoms with Crippen LogP contribution in [0.2, 0.25) is 0 Å². The molecule has 0 aliphatic carbocycles. The average molecular weight is 236 g/mol. The van der Waals surface area contributed by atoms with Crippen LogP contribution in [0.5, 0.6) is 0 Å². The zero-order valence-electron chi connectivity index (χ0n) is 11.1. The van der Waals surface area contributed by atoms with E-state index in [0.717, 1.165) is 19.4 Å². The normalized spacial score (nSPS) is 16.5. The highest BCUT2D eigenvalue weighted by Crippen LogP contribution is 2.37. The molecule has 0 aliphatic heterocycles. The predicted octanol–water partition coefficient (Wildman–Crippen LogP) is 3.00. The molecular weight excluding hydrogens is 212 g/mol. The highest BCUT2D eigenvalue weighted by Gasteiger charge is 2.35. The van der Waals surface area contributed by atoms with Crippen molar-refractivity contribution in [2.45, 2.75) is 32.1 Å². The highest BCUT2D eigenvalue weighted by molar-refractivity contribution is 5.26. The van der Waals surface area contributed by atoms with Crippen LogP contribution >= 0.6 is 0 Å². The third kappa shape index (κ3) is 3.08. The molecule has 1 aromatic rings. The number of hydrogen-bond acceptors (Lipinski definition) is 2. The van der Waals surface area contributed by atoms with Gasteiger partial charge in [0.15, 0.2) is 0 Å². The molecule has 0 amide bonds. The number of hydrogen-bond donors (Lipinski definition) is 1. The van der Waals surface area contributed by atoms with Gasteiger partial charge in [0.05, 0.1) is 6.61 Å². The maximum Gasteiger partial charge on any atom is 0.0530 e. The van der Waals surface area contributed by atoms with Gasteiger partial charge in [-0.05, 0) is 24.3 Å². The molecule has 0 heterocycles. The second-order valence-electron chi connectivity index (χ2n) is 4.72. The molecule has 0 bridgehead atoms. The minimum absolute atomic E-state index is 0.139. The van der Waals surface area contributed by atoms with E-state index in [9.17, 15) is 5.11 Å². The third-order valence-electron chi connectivity index (χ3n) is 3.96. The van der Waals surface area contributed by atoms with E-state index >= 15 is 0 Å². The monoisotopic (exact) mass is 236 g/mol. The smallest absolute Gasteiger partial charge is 0.0530 e. The number of methoxy groups -OCH3 is 1. The highest BCUT2D eigenvalue weighted by atomic mass is 16.5. The molecule has 1 aromatic carbocycles. The number of benzene rings is 1. The molecule has 0 saturated heterocycles. The zero-order valence-corrected chi connectivity index (χ0v) is 11.1. The van der Waals surface area contributed by atoms with Crippen molar-refractivity contribution >= 4 is 0 Å². The van der Waals surface area contributed by atoms with Gasteiger partial charge in [-0.25, -0.2) is 0 Å². The molecule has 0 spiro atoms. The van der Waals surface area contributed by atoms with Gasteiger partial charge in [-0.2, -0.15) is 0 Å². The van der Waals surface area contributed by atoms with Crippen molar-refractivity contribution in [1.29, 1.82) is 0 Å². The summed E-state index contributed by atoms with van der Waals surface area (Å²) >= 11 is 0. The third-order valence-corrected chi connectivity index (χ3v) is 3.96. The summed E-state index contributed by atoms with van der Waals surface area (Å²) in [5, 5.41) is 9.86. The summed E-state index contributed by atoms with van der Waals surface area (Å²) in [6.45, 7) is 5.28. The standard InChI is InChI=1S/C15H24O2/c1-4-15(12-16,13(2)10-11-17-3)14-8-6-5-7-9-14/h5-9,13,16H,4,10-12H2,1-3H3. The first-order chi connectivity index (χ1) is 8.21. The van der Waals surface area contributed by atoms with Gasteiger partial charge in [0, 0.05) is 19.1 Å². The van der Waals surface area contributed by atoms with Gasteiger partial charge in [0.2, 0.25) is 0 Å². The second-order valence-corrected chi connectivity index (χ2v) is 4.72.